The largest absolute Gasteiger partial charge is 0.481 e. The van der Waals surface area contributed by atoms with Crippen LogP contribution in [0.2, 0.25) is 0 Å². The summed E-state index contributed by atoms with van der Waals surface area (Å²) in [7, 11) is 0. The van der Waals surface area contributed by atoms with E-state index >= 15 is 0 Å². The van der Waals surface area contributed by atoms with Crippen molar-refractivity contribution in [3.63, 3.8) is 0 Å². The molecule has 0 bridgehead atoms. The van der Waals surface area contributed by atoms with Crippen molar-refractivity contribution in [2.75, 3.05) is 0 Å². The number of hydrogen-bond donors (Lipinski definition) is 3. The molecule has 0 aliphatic carbocycles. The normalized spacial score (nSPS) is 15.9. The van der Waals surface area contributed by atoms with Crippen molar-refractivity contribution in [3.8, 4) is 0 Å². The number of aliphatic carboxylic acids is 1. The van der Waals surface area contributed by atoms with E-state index in [0.717, 1.165) is 0 Å². The molecule has 17 heavy (non-hydrogen) atoms. The molecule has 0 spiro atoms. The quantitative estimate of drug-likeness (QED) is 0.560. The fraction of sp³-hybridized carbons (Fsp3) is 0.727. The summed E-state index contributed by atoms with van der Waals surface area (Å²) in [5.74, 6) is -3.78. The molecule has 98 valence electrons. The maximum absolute atomic E-state index is 11.2. The van der Waals surface area contributed by atoms with Crippen molar-refractivity contribution in [1.29, 1.82) is 0 Å². The van der Waals surface area contributed by atoms with Gasteiger partial charge in [0.25, 0.3) is 0 Å². The van der Waals surface area contributed by atoms with Gasteiger partial charge in [-0.25, -0.2) is 0 Å². The third-order valence-corrected chi connectivity index (χ3v) is 2.93. The average Bonchev–Trinajstić information content (AvgIpc) is 2.22. The maximum Gasteiger partial charge on any atom is 0.306 e. The van der Waals surface area contributed by atoms with Crippen LogP contribution in [0.25, 0.3) is 0 Å². The number of amides is 2. The van der Waals surface area contributed by atoms with Crippen molar-refractivity contribution in [3.05, 3.63) is 0 Å². The lowest BCUT2D eigenvalue weighted by Gasteiger charge is -2.19. The highest BCUT2D eigenvalue weighted by Crippen LogP contribution is 2.22. The highest BCUT2D eigenvalue weighted by molar-refractivity contribution is 5.80. The van der Waals surface area contributed by atoms with Crippen LogP contribution < -0.4 is 11.5 Å². The number of rotatable bonds is 8. The van der Waals surface area contributed by atoms with Crippen LogP contribution in [0.4, 0.5) is 0 Å². The first-order valence-corrected chi connectivity index (χ1v) is 5.61. The Balaban J connectivity index is 4.59. The fourth-order valence-corrected chi connectivity index (χ4v) is 1.68. The van der Waals surface area contributed by atoms with Gasteiger partial charge < -0.3 is 16.6 Å². The first-order chi connectivity index (χ1) is 7.79. The van der Waals surface area contributed by atoms with E-state index in [1.165, 1.54) is 6.92 Å². The van der Waals surface area contributed by atoms with Crippen molar-refractivity contribution < 1.29 is 19.5 Å². The minimum Gasteiger partial charge on any atom is -0.481 e. The molecule has 0 rings (SSSR count). The molecule has 0 saturated heterocycles. The molecule has 0 aromatic carbocycles. The lowest BCUT2D eigenvalue weighted by atomic mass is 9.85. The second-order valence-electron chi connectivity index (χ2n) is 4.32. The van der Waals surface area contributed by atoms with Crippen molar-refractivity contribution in [1.82, 2.24) is 0 Å². The molecule has 0 saturated carbocycles. The van der Waals surface area contributed by atoms with E-state index in [2.05, 4.69) is 0 Å². The predicted octanol–water partition coefficient (Wildman–Crippen LogP) is 0.100. The van der Waals surface area contributed by atoms with Gasteiger partial charge in [0.15, 0.2) is 0 Å². The van der Waals surface area contributed by atoms with E-state index in [9.17, 15) is 14.4 Å². The van der Waals surface area contributed by atoms with Gasteiger partial charge in [0.05, 0.1) is 5.92 Å². The topological polar surface area (TPSA) is 123 Å². The first-order valence-electron chi connectivity index (χ1n) is 5.61. The molecule has 6 heteroatoms. The molecular formula is C11H20N2O4. The molecule has 6 nitrogen and oxygen atoms in total. The van der Waals surface area contributed by atoms with Gasteiger partial charge in [-0.15, -0.1) is 0 Å². The van der Waals surface area contributed by atoms with Crippen molar-refractivity contribution in [2.45, 2.75) is 33.1 Å². The molecule has 0 heterocycles. The van der Waals surface area contributed by atoms with Gasteiger partial charge in [0.2, 0.25) is 11.8 Å². The fourth-order valence-electron chi connectivity index (χ4n) is 1.68. The molecule has 0 radical (unpaired) electrons. The lowest BCUT2D eigenvalue weighted by molar-refractivity contribution is -0.142. The van der Waals surface area contributed by atoms with Crippen LogP contribution in [-0.4, -0.2) is 22.9 Å². The number of primary amides is 2. The Labute approximate surface area is 100 Å². The summed E-state index contributed by atoms with van der Waals surface area (Å²) in [6, 6.07) is 0. The molecular weight excluding hydrogens is 224 g/mol. The number of carbonyl (C=O) groups is 3. The average molecular weight is 244 g/mol. The Hall–Kier alpha value is -1.59. The zero-order valence-corrected chi connectivity index (χ0v) is 10.2. The van der Waals surface area contributed by atoms with Crippen molar-refractivity contribution in [2.24, 2.45) is 29.2 Å². The van der Waals surface area contributed by atoms with E-state index in [1.54, 1.807) is 6.92 Å². The van der Waals surface area contributed by atoms with Gasteiger partial charge >= 0.3 is 5.97 Å². The van der Waals surface area contributed by atoms with Gasteiger partial charge in [-0.2, -0.15) is 0 Å². The first kappa shape index (κ1) is 15.4. The van der Waals surface area contributed by atoms with Crippen LogP contribution in [0, 0.1) is 17.8 Å². The van der Waals surface area contributed by atoms with Crippen LogP contribution in [0.15, 0.2) is 0 Å². The Morgan fingerprint density at radius 1 is 1.06 bits per heavy atom. The van der Waals surface area contributed by atoms with Gasteiger partial charge in [0.1, 0.15) is 0 Å². The van der Waals surface area contributed by atoms with Crippen LogP contribution >= 0.6 is 0 Å². The highest BCUT2D eigenvalue weighted by Gasteiger charge is 2.27. The summed E-state index contributed by atoms with van der Waals surface area (Å²) < 4.78 is 0. The molecule has 0 aliphatic heterocycles. The summed E-state index contributed by atoms with van der Waals surface area (Å²) in [6.07, 6.45) is 0.869. The van der Waals surface area contributed by atoms with E-state index < -0.39 is 35.5 Å². The minimum absolute atomic E-state index is 0.133. The number of carbonyl (C=O) groups excluding carboxylic acids is 2. The Kier molecular flexibility index (Phi) is 6.23. The number of nitrogens with two attached hydrogens (primary N) is 2. The van der Waals surface area contributed by atoms with Crippen molar-refractivity contribution >= 4 is 17.8 Å². The smallest absolute Gasteiger partial charge is 0.306 e. The van der Waals surface area contributed by atoms with E-state index in [1.807, 2.05) is 0 Å². The predicted molar refractivity (Wildman–Crippen MR) is 61.7 cm³/mol. The highest BCUT2D eigenvalue weighted by atomic mass is 16.4. The zero-order valence-electron chi connectivity index (χ0n) is 10.2. The summed E-state index contributed by atoms with van der Waals surface area (Å²) in [6.45, 7) is 3.29. The summed E-state index contributed by atoms with van der Waals surface area (Å²) in [5.41, 5.74) is 10.4. The minimum atomic E-state index is -0.983. The number of carboxylic acid groups (broad SMARTS) is 1. The van der Waals surface area contributed by atoms with Gasteiger partial charge in [-0.05, 0) is 19.3 Å². The molecule has 3 atom stereocenters. The number of hydrogen-bond acceptors (Lipinski definition) is 3. The molecule has 0 fully saturated rings. The monoisotopic (exact) mass is 244 g/mol. The van der Waals surface area contributed by atoms with Gasteiger partial charge in [-0.1, -0.05) is 13.8 Å². The molecule has 2 amide bonds. The third kappa shape index (κ3) is 5.33. The maximum atomic E-state index is 11.2. The van der Waals surface area contributed by atoms with Gasteiger partial charge in [-0.3, -0.25) is 14.4 Å². The second-order valence-corrected chi connectivity index (χ2v) is 4.32. The lowest BCUT2D eigenvalue weighted by Crippen LogP contribution is -2.32. The van der Waals surface area contributed by atoms with Crippen LogP contribution in [0.3, 0.4) is 0 Å². The molecule has 5 N–H and O–H groups in total. The molecule has 0 aliphatic rings. The zero-order chi connectivity index (χ0) is 13.6. The Bertz CT molecular complexity index is 304. The number of carboxylic acids is 1. The van der Waals surface area contributed by atoms with E-state index in [0.29, 0.717) is 6.42 Å². The van der Waals surface area contributed by atoms with Crippen LogP contribution in [0.5, 0.6) is 0 Å². The summed E-state index contributed by atoms with van der Waals surface area (Å²) >= 11 is 0. The second kappa shape index (κ2) is 6.88. The summed E-state index contributed by atoms with van der Waals surface area (Å²) in [5, 5.41) is 8.77. The Morgan fingerprint density at radius 3 is 1.82 bits per heavy atom. The van der Waals surface area contributed by atoms with Crippen LogP contribution in [0.1, 0.15) is 33.1 Å². The van der Waals surface area contributed by atoms with E-state index in [4.69, 9.17) is 16.6 Å². The summed E-state index contributed by atoms with van der Waals surface area (Å²) in [4.78, 5) is 33.0. The van der Waals surface area contributed by atoms with E-state index in [-0.39, 0.29) is 12.8 Å². The third-order valence-electron chi connectivity index (χ3n) is 2.93. The van der Waals surface area contributed by atoms with Gasteiger partial charge in [0, 0.05) is 11.8 Å². The van der Waals surface area contributed by atoms with Crippen LogP contribution in [-0.2, 0) is 14.4 Å². The Morgan fingerprint density at radius 2 is 1.53 bits per heavy atom. The molecule has 0 aromatic heterocycles. The standard InChI is InChI=1S/C11H20N2O4/c1-3-7(9(12)14)5-8(10(13)15)4-6(2)11(16)17/h6-8H,3-5H2,1-2H3,(H2,12,14)(H2,13,15)(H,16,17). The molecule has 3 unspecified atom stereocenters. The SMILES string of the molecule is CCC(CC(CC(C)C(=O)O)C(N)=O)C(N)=O. The molecule has 0 aromatic rings.